The number of para-hydroxylation sites is 2. The van der Waals surface area contributed by atoms with Gasteiger partial charge in [0, 0.05) is 0 Å². The molecular formula is C17H17N5O2. The van der Waals surface area contributed by atoms with Crippen LogP contribution in [0.3, 0.4) is 0 Å². The molecule has 0 aliphatic carbocycles. The molecule has 0 saturated heterocycles. The summed E-state index contributed by atoms with van der Waals surface area (Å²) in [6, 6.07) is 13.5. The molecule has 0 saturated carbocycles. The maximum atomic E-state index is 5.99. The van der Waals surface area contributed by atoms with Crippen molar-refractivity contribution in [2.24, 2.45) is 10.7 Å². The summed E-state index contributed by atoms with van der Waals surface area (Å²) in [5.74, 6) is 2.31. The Hall–Kier alpha value is -3.22. The van der Waals surface area contributed by atoms with E-state index in [4.69, 9.17) is 15.2 Å². The maximum absolute atomic E-state index is 5.99. The van der Waals surface area contributed by atoms with Gasteiger partial charge in [-0.3, -0.25) is 9.88 Å². The molecule has 0 amide bonds. The van der Waals surface area contributed by atoms with E-state index in [1.165, 1.54) is 0 Å². The molecule has 7 heteroatoms. The average Bonchev–Trinajstić information content (AvgIpc) is 2.98. The lowest BCUT2D eigenvalue weighted by Crippen LogP contribution is -2.31. The van der Waals surface area contributed by atoms with Gasteiger partial charge in [-0.05, 0) is 24.3 Å². The smallest absolute Gasteiger partial charge is 0.212 e. The summed E-state index contributed by atoms with van der Waals surface area (Å²) in [6.45, 7) is 0. The van der Waals surface area contributed by atoms with Crippen molar-refractivity contribution in [2.45, 2.75) is 6.17 Å². The van der Waals surface area contributed by atoms with E-state index in [-0.39, 0.29) is 0 Å². The molecule has 7 nitrogen and oxygen atoms in total. The lowest BCUT2D eigenvalue weighted by atomic mass is 10.1. The van der Waals surface area contributed by atoms with Crippen LogP contribution >= 0.6 is 0 Å². The van der Waals surface area contributed by atoms with Crippen LogP contribution in [-0.2, 0) is 0 Å². The Morgan fingerprint density at radius 1 is 1.04 bits per heavy atom. The van der Waals surface area contributed by atoms with E-state index >= 15 is 0 Å². The van der Waals surface area contributed by atoms with Crippen molar-refractivity contribution < 1.29 is 9.47 Å². The quantitative estimate of drug-likeness (QED) is 0.772. The van der Waals surface area contributed by atoms with Gasteiger partial charge in [-0.2, -0.15) is 0 Å². The Labute approximate surface area is 138 Å². The SMILES string of the molecule is COc1cccc(OC)c1[C@H]1N=C(N)Nc2nc3ccccc3n21. The van der Waals surface area contributed by atoms with Gasteiger partial charge in [0.15, 0.2) is 12.1 Å². The molecule has 1 aromatic heterocycles. The number of nitrogens with one attached hydrogen (secondary N) is 1. The summed E-state index contributed by atoms with van der Waals surface area (Å²) in [6.07, 6.45) is -0.431. The van der Waals surface area contributed by atoms with E-state index in [0.29, 0.717) is 23.4 Å². The van der Waals surface area contributed by atoms with Crippen LogP contribution in [0.1, 0.15) is 11.7 Å². The highest BCUT2D eigenvalue weighted by molar-refractivity contribution is 5.94. The summed E-state index contributed by atoms with van der Waals surface area (Å²) < 4.78 is 13.1. The number of nitrogens with zero attached hydrogens (tertiary/aromatic N) is 3. The maximum Gasteiger partial charge on any atom is 0.212 e. The Morgan fingerprint density at radius 3 is 2.46 bits per heavy atom. The fourth-order valence-electron chi connectivity index (χ4n) is 3.04. The van der Waals surface area contributed by atoms with Gasteiger partial charge >= 0.3 is 0 Å². The average molecular weight is 323 g/mol. The monoisotopic (exact) mass is 323 g/mol. The molecule has 122 valence electrons. The van der Waals surface area contributed by atoms with Gasteiger partial charge in [0.25, 0.3) is 0 Å². The van der Waals surface area contributed by atoms with Gasteiger partial charge in [0.05, 0.1) is 30.8 Å². The van der Waals surface area contributed by atoms with Gasteiger partial charge in [-0.25, -0.2) is 9.98 Å². The van der Waals surface area contributed by atoms with Crippen molar-refractivity contribution in [1.29, 1.82) is 0 Å². The van der Waals surface area contributed by atoms with Crippen molar-refractivity contribution in [3.63, 3.8) is 0 Å². The fourth-order valence-corrected chi connectivity index (χ4v) is 3.04. The van der Waals surface area contributed by atoms with Crippen molar-refractivity contribution in [1.82, 2.24) is 9.55 Å². The number of ether oxygens (including phenoxy) is 2. The lowest BCUT2D eigenvalue weighted by Gasteiger charge is -2.26. The van der Waals surface area contributed by atoms with Crippen LogP contribution < -0.4 is 20.5 Å². The second-order valence-electron chi connectivity index (χ2n) is 5.38. The Balaban J connectivity index is 2.02. The van der Waals surface area contributed by atoms with Crippen LogP contribution in [-0.4, -0.2) is 29.7 Å². The largest absolute Gasteiger partial charge is 0.496 e. The first-order chi connectivity index (χ1) is 11.7. The van der Waals surface area contributed by atoms with Gasteiger partial charge < -0.3 is 15.2 Å². The normalized spacial score (nSPS) is 16.2. The number of rotatable bonds is 3. The number of hydrogen-bond acceptors (Lipinski definition) is 6. The zero-order valence-electron chi connectivity index (χ0n) is 13.4. The first-order valence-corrected chi connectivity index (χ1v) is 7.51. The van der Waals surface area contributed by atoms with Crippen LogP contribution in [0.2, 0.25) is 0 Å². The molecule has 3 aromatic rings. The van der Waals surface area contributed by atoms with Crippen molar-refractivity contribution in [2.75, 3.05) is 19.5 Å². The van der Waals surface area contributed by atoms with E-state index in [2.05, 4.69) is 15.3 Å². The third-order valence-electron chi connectivity index (χ3n) is 4.07. The summed E-state index contributed by atoms with van der Waals surface area (Å²) in [5, 5.41) is 3.02. The van der Waals surface area contributed by atoms with Crippen LogP contribution in [0.4, 0.5) is 5.95 Å². The molecule has 2 aromatic carbocycles. The predicted molar refractivity (Wildman–Crippen MR) is 92.7 cm³/mol. The molecule has 1 aliphatic rings. The number of guanidine groups is 1. The van der Waals surface area contributed by atoms with Gasteiger partial charge in [-0.15, -0.1) is 0 Å². The van der Waals surface area contributed by atoms with Crippen LogP contribution in [0.15, 0.2) is 47.5 Å². The lowest BCUT2D eigenvalue weighted by molar-refractivity contribution is 0.375. The fraction of sp³-hybridized carbons (Fsp3) is 0.176. The second-order valence-corrected chi connectivity index (χ2v) is 5.38. The predicted octanol–water partition coefficient (Wildman–Crippen LogP) is 2.34. The standard InChI is InChI=1S/C17H17N5O2/c1-23-12-8-5-9-13(24-2)14(12)15-20-16(18)21-17-19-10-6-3-4-7-11(10)22(15)17/h3-9,15H,1-2H3,(H3,18,19,20,21)/t15-/m0/s1. The molecule has 0 unspecified atom stereocenters. The Morgan fingerprint density at radius 2 is 1.75 bits per heavy atom. The number of benzene rings is 2. The number of hydrogen-bond donors (Lipinski definition) is 2. The minimum atomic E-state index is -0.431. The minimum Gasteiger partial charge on any atom is -0.496 e. The highest BCUT2D eigenvalue weighted by atomic mass is 16.5. The van der Waals surface area contributed by atoms with Crippen LogP contribution in [0.5, 0.6) is 11.5 Å². The van der Waals surface area contributed by atoms with Crippen molar-refractivity contribution in [3.05, 3.63) is 48.0 Å². The molecular weight excluding hydrogens is 306 g/mol. The summed E-state index contributed by atoms with van der Waals surface area (Å²) in [5.41, 5.74) is 8.61. The molecule has 0 fully saturated rings. The first-order valence-electron chi connectivity index (χ1n) is 7.51. The Kier molecular flexibility index (Phi) is 3.26. The van der Waals surface area contributed by atoms with E-state index in [1.54, 1.807) is 14.2 Å². The molecule has 0 spiro atoms. The summed E-state index contributed by atoms with van der Waals surface area (Å²) in [4.78, 5) is 9.18. The van der Waals surface area contributed by atoms with E-state index in [9.17, 15) is 0 Å². The molecule has 24 heavy (non-hydrogen) atoms. The molecule has 0 bridgehead atoms. The first kappa shape index (κ1) is 14.4. The van der Waals surface area contributed by atoms with Crippen LogP contribution in [0, 0.1) is 0 Å². The highest BCUT2D eigenvalue weighted by Crippen LogP contribution is 2.41. The van der Waals surface area contributed by atoms with Crippen molar-refractivity contribution >= 4 is 22.9 Å². The number of methoxy groups -OCH3 is 2. The number of aliphatic imine (C=N–C) groups is 1. The summed E-state index contributed by atoms with van der Waals surface area (Å²) in [7, 11) is 3.25. The van der Waals surface area contributed by atoms with Gasteiger partial charge in [-0.1, -0.05) is 18.2 Å². The van der Waals surface area contributed by atoms with Crippen molar-refractivity contribution in [3.8, 4) is 11.5 Å². The minimum absolute atomic E-state index is 0.302. The number of aromatic nitrogens is 2. The van der Waals surface area contributed by atoms with E-state index < -0.39 is 6.17 Å². The van der Waals surface area contributed by atoms with Gasteiger partial charge in [0.2, 0.25) is 5.95 Å². The molecule has 0 radical (unpaired) electrons. The number of nitrogens with two attached hydrogens (primary N) is 1. The van der Waals surface area contributed by atoms with Crippen LogP contribution in [0.25, 0.3) is 11.0 Å². The zero-order chi connectivity index (χ0) is 16.7. The highest BCUT2D eigenvalue weighted by Gasteiger charge is 2.29. The number of anilines is 1. The van der Waals surface area contributed by atoms with E-state index in [0.717, 1.165) is 16.6 Å². The Bertz CT molecular complexity index is 925. The second kappa shape index (κ2) is 5.45. The van der Waals surface area contributed by atoms with Gasteiger partial charge in [0.1, 0.15) is 11.5 Å². The topological polar surface area (TPSA) is 86.7 Å². The molecule has 1 atom stereocenters. The van der Waals surface area contributed by atoms with E-state index in [1.807, 2.05) is 47.0 Å². The number of imidazole rings is 1. The third-order valence-corrected chi connectivity index (χ3v) is 4.07. The number of fused-ring (bicyclic) bond motifs is 3. The third kappa shape index (κ3) is 2.05. The molecule has 2 heterocycles. The summed E-state index contributed by atoms with van der Waals surface area (Å²) >= 11 is 0. The molecule has 1 aliphatic heterocycles. The zero-order valence-corrected chi connectivity index (χ0v) is 13.4. The molecule has 3 N–H and O–H groups in total. The molecule has 4 rings (SSSR count).